The third-order valence-electron chi connectivity index (χ3n) is 4.36. The highest BCUT2D eigenvalue weighted by molar-refractivity contribution is 6.30. The van der Waals surface area contributed by atoms with Crippen LogP contribution < -0.4 is 10.2 Å². The molecule has 3 rings (SSSR count). The number of nitrogens with zero attached hydrogens (tertiary/aromatic N) is 3. The molecule has 1 heterocycles. The van der Waals surface area contributed by atoms with Gasteiger partial charge in [0.15, 0.2) is 0 Å². The van der Waals surface area contributed by atoms with Crippen molar-refractivity contribution in [3.63, 3.8) is 0 Å². The number of nitro benzene ring substituents is 1. The quantitative estimate of drug-likeness (QED) is 0.624. The minimum Gasteiger partial charge on any atom is -0.363 e. The Morgan fingerprint density at radius 3 is 2.44 bits per heavy atom. The van der Waals surface area contributed by atoms with Crippen LogP contribution in [0.2, 0.25) is 5.02 Å². The molecule has 142 valence electrons. The highest BCUT2D eigenvalue weighted by Crippen LogP contribution is 2.31. The molecule has 2 aromatic rings. The van der Waals surface area contributed by atoms with Gasteiger partial charge in [0.25, 0.3) is 0 Å². The van der Waals surface area contributed by atoms with Crippen LogP contribution in [0.1, 0.15) is 0 Å². The van der Waals surface area contributed by atoms with Crippen LogP contribution in [-0.4, -0.2) is 48.5 Å². The molecule has 7 nitrogen and oxygen atoms in total. The van der Waals surface area contributed by atoms with E-state index in [1.807, 2.05) is 4.90 Å². The minimum atomic E-state index is -0.845. The zero-order valence-electron chi connectivity index (χ0n) is 14.4. The summed E-state index contributed by atoms with van der Waals surface area (Å²) in [4.78, 5) is 26.3. The molecule has 9 heteroatoms. The van der Waals surface area contributed by atoms with Crippen molar-refractivity contribution in [2.75, 3.05) is 42.9 Å². The zero-order chi connectivity index (χ0) is 19.4. The van der Waals surface area contributed by atoms with Crippen LogP contribution in [0.5, 0.6) is 0 Å². The molecular formula is C18H18ClFN4O3. The van der Waals surface area contributed by atoms with Gasteiger partial charge in [0, 0.05) is 36.9 Å². The van der Waals surface area contributed by atoms with Crippen LogP contribution in [0, 0.1) is 15.9 Å². The fourth-order valence-corrected chi connectivity index (χ4v) is 3.15. The molecule has 0 unspecified atom stereocenters. The van der Waals surface area contributed by atoms with Gasteiger partial charge in [0.05, 0.1) is 11.5 Å². The van der Waals surface area contributed by atoms with Gasteiger partial charge in [-0.1, -0.05) is 17.7 Å². The van der Waals surface area contributed by atoms with Crippen molar-refractivity contribution >= 4 is 34.6 Å². The molecule has 0 bridgehead atoms. The van der Waals surface area contributed by atoms with Gasteiger partial charge in [-0.3, -0.25) is 19.8 Å². The van der Waals surface area contributed by atoms with Crippen molar-refractivity contribution in [2.24, 2.45) is 0 Å². The van der Waals surface area contributed by atoms with Crippen LogP contribution in [0.15, 0.2) is 42.5 Å². The Kier molecular flexibility index (Phi) is 5.88. The van der Waals surface area contributed by atoms with E-state index in [1.54, 1.807) is 35.2 Å². The Balaban J connectivity index is 1.56. The van der Waals surface area contributed by atoms with E-state index in [0.29, 0.717) is 36.9 Å². The number of nitro groups is 1. The molecule has 0 saturated carbocycles. The topological polar surface area (TPSA) is 78.7 Å². The van der Waals surface area contributed by atoms with E-state index in [2.05, 4.69) is 5.32 Å². The second-order valence-electron chi connectivity index (χ2n) is 6.18. The maximum absolute atomic E-state index is 13.8. The summed E-state index contributed by atoms with van der Waals surface area (Å²) >= 11 is 5.82. The lowest BCUT2D eigenvalue weighted by Crippen LogP contribution is -2.48. The molecule has 0 radical (unpaired) electrons. The van der Waals surface area contributed by atoms with Gasteiger partial charge in [0.1, 0.15) is 5.69 Å². The van der Waals surface area contributed by atoms with E-state index in [1.165, 1.54) is 6.07 Å². The maximum Gasteiger partial charge on any atom is 0.327 e. The predicted octanol–water partition coefficient (Wildman–Crippen LogP) is 3.15. The summed E-state index contributed by atoms with van der Waals surface area (Å²) in [7, 11) is 0. The lowest BCUT2D eigenvalue weighted by Gasteiger charge is -2.35. The summed E-state index contributed by atoms with van der Waals surface area (Å²) in [6, 6.07) is 10.9. The van der Waals surface area contributed by atoms with E-state index in [9.17, 15) is 19.3 Å². The van der Waals surface area contributed by atoms with E-state index in [0.717, 1.165) is 6.07 Å². The molecule has 1 aliphatic rings. The first kappa shape index (κ1) is 19.1. The SMILES string of the molecule is O=C(CN1CCN(c2cccc(F)c2[N+](=O)[O-])CC1)Nc1ccc(Cl)cc1. The first-order valence-electron chi connectivity index (χ1n) is 8.39. The molecule has 1 aliphatic heterocycles. The third kappa shape index (κ3) is 4.72. The van der Waals surface area contributed by atoms with Gasteiger partial charge in [-0.15, -0.1) is 0 Å². The van der Waals surface area contributed by atoms with Crippen molar-refractivity contribution < 1.29 is 14.1 Å². The largest absolute Gasteiger partial charge is 0.363 e. The highest BCUT2D eigenvalue weighted by Gasteiger charge is 2.27. The maximum atomic E-state index is 13.8. The van der Waals surface area contributed by atoms with Crippen molar-refractivity contribution in [1.82, 2.24) is 4.90 Å². The van der Waals surface area contributed by atoms with Crippen molar-refractivity contribution in [1.29, 1.82) is 0 Å². The van der Waals surface area contributed by atoms with Gasteiger partial charge < -0.3 is 10.2 Å². The first-order chi connectivity index (χ1) is 12.9. The highest BCUT2D eigenvalue weighted by atomic mass is 35.5. The van der Waals surface area contributed by atoms with E-state index >= 15 is 0 Å². The van der Waals surface area contributed by atoms with Crippen LogP contribution in [0.4, 0.5) is 21.5 Å². The van der Waals surface area contributed by atoms with Crippen LogP contribution in [0.3, 0.4) is 0 Å². The number of amides is 1. The number of hydrogen-bond acceptors (Lipinski definition) is 5. The molecule has 1 amide bonds. The Morgan fingerprint density at radius 2 is 1.81 bits per heavy atom. The van der Waals surface area contributed by atoms with Crippen molar-refractivity contribution in [2.45, 2.75) is 0 Å². The number of nitrogens with one attached hydrogen (secondary N) is 1. The normalized spacial score (nSPS) is 14.8. The number of carbonyl (C=O) groups is 1. The second-order valence-corrected chi connectivity index (χ2v) is 6.62. The molecule has 0 aromatic heterocycles. The Bertz CT molecular complexity index is 839. The number of carbonyl (C=O) groups excluding carboxylic acids is 1. The summed E-state index contributed by atoms with van der Waals surface area (Å²) in [5.41, 5.74) is 0.426. The number of halogens is 2. The molecular weight excluding hydrogens is 375 g/mol. The minimum absolute atomic E-state index is 0.150. The summed E-state index contributed by atoms with van der Waals surface area (Å²) < 4.78 is 13.8. The van der Waals surface area contributed by atoms with Gasteiger partial charge in [-0.05, 0) is 36.4 Å². The van der Waals surface area contributed by atoms with E-state index in [4.69, 9.17) is 11.6 Å². The smallest absolute Gasteiger partial charge is 0.327 e. The Labute approximate surface area is 160 Å². The predicted molar refractivity (Wildman–Crippen MR) is 102 cm³/mol. The van der Waals surface area contributed by atoms with E-state index < -0.39 is 16.4 Å². The lowest BCUT2D eigenvalue weighted by molar-refractivity contribution is -0.386. The molecule has 1 N–H and O–H groups in total. The van der Waals surface area contributed by atoms with Gasteiger partial charge in [0.2, 0.25) is 11.7 Å². The molecule has 0 atom stereocenters. The number of para-hydroxylation sites is 1. The summed E-state index contributed by atoms with van der Waals surface area (Å²) in [5.74, 6) is -0.996. The molecule has 0 aliphatic carbocycles. The van der Waals surface area contributed by atoms with Crippen LogP contribution >= 0.6 is 11.6 Å². The van der Waals surface area contributed by atoms with Crippen LogP contribution in [-0.2, 0) is 4.79 Å². The number of rotatable bonds is 5. The summed E-state index contributed by atoms with van der Waals surface area (Å²) in [6.45, 7) is 2.24. The number of hydrogen-bond donors (Lipinski definition) is 1. The van der Waals surface area contributed by atoms with Crippen molar-refractivity contribution in [3.05, 3.63) is 63.4 Å². The molecule has 1 fully saturated rings. The third-order valence-corrected chi connectivity index (χ3v) is 4.61. The number of anilines is 2. The lowest BCUT2D eigenvalue weighted by atomic mass is 10.2. The fourth-order valence-electron chi connectivity index (χ4n) is 3.02. The number of benzene rings is 2. The summed E-state index contributed by atoms with van der Waals surface area (Å²) in [5, 5.41) is 14.5. The van der Waals surface area contributed by atoms with Gasteiger partial charge in [-0.25, -0.2) is 0 Å². The Morgan fingerprint density at radius 1 is 1.15 bits per heavy atom. The molecule has 1 saturated heterocycles. The Hall–Kier alpha value is -2.71. The number of piperazine rings is 1. The zero-order valence-corrected chi connectivity index (χ0v) is 15.2. The van der Waals surface area contributed by atoms with Crippen LogP contribution in [0.25, 0.3) is 0 Å². The first-order valence-corrected chi connectivity index (χ1v) is 8.77. The fraction of sp³-hybridized carbons (Fsp3) is 0.278. The average molecular weight is 393 g/mol. The molecule has 0 spiro atoms. The van der Waals surface area contributed by atoms with Crippen molar-refractivity contribution in [3.8, 4) is 0 Å². The van der Waals surface area contributed by atoms with Gasteiger partial charge in [-0.2, -0.15) is 4.39 Å². The monoisotopic (exact) mass is 392 g/mol. The second kappa shape index (κ2) is 8.32. The standard InChI is InChI=1S/C18H18ClFN4O3/c19-13-4-6-14(7-5-13)21-17(25)12-22-8-10-23(11-9-22)16-3-1-2-15(20)18(16)24(26)27/h1-7H,8-12H2,(H,21,25). The molecule has 27 heavy (non-hydrogen) atoms. The summed E-state index contributed by atoms with van der Waals surface area (Å²) in [6.07, 6.45) is 0. The van der Waals surface area contributed by atoms with E-state index in [-0.39, 0.29) is 18.1 Å². The molecule has 2 aromatic carbocycles. The van der Waals surface area contributed by atoms with Gasteiger partial charge >= 0.3 is 5.69 Å². The average Bonchev–Trinajstić information content (AvgIpc) is 2.64.